The van der Waals surface area contributed by atoms with Crippen LogP contribution in [0, 0.1) is 6.92 Å². The molecule has 24 heavy (non-hydrogen) atoms. The van der Waals surface area contributed by atoms with Gasteiger partial charge in [0.25, 0.3) is 0 Å². The largest absolute Gasteiger partial charge is 0.380 e. The van der Waals surface area contributed by atoms with Gasteiger partial charge >= 0.3 is 0 Å². The Morgan fingerprint density at radius 1 is 1.17 bits per heavy atom. The topological polar surface area (TPSA) is 59.6 Å². The predicted octanol–water partition coefficient (Wildman–Crippen LogP) is 3.81. The highest BCUT2D eigenvalue weighted by Gasteiger charge is 2.31. The summed E-state index contributed by atoms with van der Waals surface area (Å²) in [5.41, 5.74) is 10.9. The number of methoxy groups -OCH3 is 1. The van der Waals surface area contributed by atoms with E-state index in [9.17, 15) is 0 Å². The molecule has 2 aromatic rings. The van der Waals surface area contributed by atoms with E-state index >= 15 is 0 Å². The molecule has 1 saturated carbocycles. The first-order valence-electron chi connectivity index (χ1n) is 8.40. The molecule has 0 radical (unpaired) electrons. The van der Waals surface area contributed by atoms with Crippen molar-refractivity contribution in [3.63, 3.8) is 0 Å². The van der Waals surface area contributed by atoms with Gasteiger partial charge in [0.15, 0.2) is 5.96 Å². The number of hydrogen-bond acceptors (Lipinski definition) is 2. The Bertz CT molecular complexity index is 720. The van der Waals surface area contributed by atoms with Gasteiger partial charge in [0, 0.05) is 18.4 Å². The van der Waals surface area contributed by atoms with Gasteiger partial charge < -0.3 is 15.8 Å². The van der Waals surface area contributed by atoms with Gasteiger partial charge in [-0.25, -0.2) is 4.99 Å². The summed E-state index contributed by atoms with van der Waals surface area (Å²) in [5.74, 6) is 1.08. The minimum Gasteiger partial charge on any atom is -0.380 e. The number of para-hydroxylation sites is 1. The number of nitrogens with one attached hydrogen (secondary N) is 1. The molecule has 3 rings (SSSR count). The molecule has 126 valence electrons. The molecule has 0 aliphatic heterocycles. The zero-order valence-electron chi connectivity index (χ0n) is 14.3. The summed E-state index contributed by atoms with van der Waals surface area (Å²) in [6, 6.07) is 16.9. The van der Waals surface area contributed by atoms with E-state index in [0.717, 1.165) is 24.1 Å². The molecular formula is C20H25N3O. The van der Waals surface area contributed by atoms with E-state index in [1.165, 1.54) is 11.1 Å². The molecule has 4 nitrogen and oxygen atoms in total. The van der Waals surface area contributed by atoms with Crippen LogP contribution in [0.2, 0.25) is 0 Å². The molecule has 1 fully saturated rings. The average molecular weight is 323 g/mol. The van der Waals surface area contributed by atoms with Gasteiger partial charge in [0.1, 0.15) is 0 Å². The summed E-state index contributed by atoms with van der Waals surface area (Å²) in [6.45, 7) is 2.73. The number of rotatable bonds is 5. The van der Waals surface area contributed by atoms with E-state index in [1.807, 2.05) is 24.3 Å². The number of nitrogens with zero attached hydrogens (tertiary/aromatic N) is 1. The molecule has 0 aromatic heterocycles. The Morgan fingerprint density at radius 2 is 1.88 bits per heavy atom. The van der Waals surface area contributed by atoms with Crippen LogP contribution in [0.15, 0.2) is 53.5 Å². The van der Waals surface area contributed by atoms with Crippen molar-refractivity contribution in [1.82, 2.24) is 0 Å². The van der Waals surface area contributed by atoms with Crippen LogP contribution in [0.3, 0.4) is 0 Å². The van der Waals surface area contributed by atoms with Crippen molar-refractivity contribution in [1.29, 1.82) is 0 Å². The lowest BCUT2D eigenvalue weighted by molar-refractivity contribution is 0.185. The van der Waals surface area contributed by atoms with Gasteiger partial charge in [0.2, 0.25) is 0 Å². The average Bonchev–Trinajstić information content (AvgIpc) is 2.54. The molecule has 4 heteroatoms. The van der Waals surface area contributed by atoms with Crippen LogP contribution in [-0.4, -0.2) is 19.1 Å². The van der Waals surface area contributed by atoms with Crippen molar-refractivity contribution < 1.29 is 4.74 Å². The predicted molar refractivity (Wildman–Crippen MR) is 99.3 cm³/mol. The van der Waals surface area contributed by atoms with Crippen LogP contribution in [0.1, 0.15) is 35.4 Å². The number of ether oxygens (including phenoxy) is 1. The molecule has 1 aliphatic carbocycles. The molecule has 1 aliphatic rings. The minimum absolute atomic E-state index is 0.302. The minimum atomic E-state index is 0.302. The lowest BCUT2D eigenvalue weighted by Crippen LogP contribution is -2.31. The van der Waals surface area contributed by atoms with Crippen molar-refractivity contribution in [3.05, 3.63) is 65.2 Å². The first kappa shape index (κ1) is 16.5. The zero-order valence-corrected chi connectivity index (χ0v) is 14.3. The molecule has 0 bridgehead atoms. The molecule has 3 N–H and O–H groups in total. The van der Waals surface area contributed by atoms with Crippen LogP contribution in [0.25, 0.3) is 0 Å². The second-order valence-electron chi connectivity index (χ2n) is 6.41. The van der Waals surface area contributed by atoms with Crippen LogP contribution in [0.5, 0.6) is 0 Å². The Hall–Kier alpha value is -2.33. The van der Waals surface area contributed by atoms with Gasteiger partial charge in [0.05, 0.1) is 12.6 Å². The highest BCUT2D eigenvalue weighted by atomic mass is 16.5. The number of benzene rings is 2. The third-order valence-corrected chi connectivity index (χ3v) is 4.64. The van der Waals surface area contributed by atoms with Crippen molar-refractivity contribution in [2.24, 2.45) is 10.7 Å². The SMILES string of the molecule is COCc1ccccc1NC(N)=NC1CC(c2ccccc2C)C1. The third-order valence-electron chi connectivity index (χ3n) is 4.64. The van der Waals surface area contributed by atoms with Crippen LogP contribution < -0.4 is 11.1 Å². The number of aryl methyl sites for hydroxylation is 1. The van der Waals surface area contributed by atoms with Crippen LogP contribution in [-0.2, 0) is 11.3 Å². The van der Waals surface area contributed by atoms with Crippen LogP contribution in [0.4, 0.5) is 5.69 Å². The maximum absolute atomic E-state index is 6.09. The van der Waals surface area contributed by atoms with Crippen molar-refractivity contribution in [2.75, 3.05) is 12.4 Å². The van der Waals surface area contributed by atoms with Gasteiger partial charge in [-0.3, -0.25) is 0 Å². The molecule has 0 amide bonds. The van der Waals surface area contributed by atoms with Gasteiger partial charge in [-0.05, 0) is 42.9 Å². The summed E-state index contributed by atoms with van der Waals surface area (Å²) in [5, 5.41) is 3.21. The smallest absolute Gasteiger partial charge is 0.193 e. The fraction of sp³-hybridized carbons (Fsp3) is 0.350. The summed E-state index contributed by atoms with van der Waals surface area (Å²) < 4.78 is 5.22. The Labute approximate surface area is 143 Å². The number of aliphatic imine (C=N–C) groups is 1. The number of guanidine groups is 1. The lowest BCUT2D eigenvalue weighted by Gasteiger charge is -2.34. The van der Waals surface area contributed by atoms with Crippen molar-refractivity contribution >= 4 is 11.6 Å². The Kier molecular flexibility index (Phi) is 5.16. The highest BCUT2D eigenvalue weighted by Crippen LogP contribution is 2.40. The van der Waals surface area contributed by atoms with E-state index < -0.39 is 0 Å². The molecule has 0 spiro atoms. The van der Waals surface area contributed by atoms with Gasteiger partial charge in [-0.15, -0.1) is 0 Å². The van der Waals surface area contributed by atoms with E-state index in [4.69, 9.17) is 10.5 Å². The number of anilines is 1. The van der Waals surface area contributed by atoms with Crippen LogP contribution >= 0.6 is 0 Å². The number of hydrogen-bond donors (Lipinski definition) is 2. The molecule has 2 aromatic carbocycles. The second kappa shape index (κ2) is 7.49. The first-order chi connectivity index (χ1) is 11.7. The molecule has 0 saturated heterocycles. The molecule has 0 heterocycles. The van der Waals surface area contributed by atoms with Gasteiger partial charge in [-0.1, -0.05) is 42.5 Å². The van der Waals surface area contributed by atoms with E-state index in [0.29, 0.717) is 24.5 Å². The quantitative estimate of drug-likeness (QED) is 0.650. The highest BCUT2D eigenvalue weighted by molar-refractivity contribution is 5.93. The maximum Gasteiger partial charge on any atom is 0.193 e. The summed E-state index contributed by atoms with van der Waals surface area (Å²) in [6.07, 6.45) is 2.12. The summed E-state index contributed by atoms with van der Waals surface area (Å²) in [4.78, 5) is 4.63. The Morgan fingerprint density at radius 3 is 2.62 bits per heavy atom. The molecule has 0 unspecified atom stereocenters. The first-order valence-corrected chi connectivity index (χ1v) is 8.40. The maximum atomic E-state index is 6.09. The van der Waals surface area contributed by atoms with E-state index in [-0.39, 0.29) is 0 Å². The van der Waals surface area contributed by atoms with E-state index in [2.05, 4.69) is 41.5 Å². The fourth-order valence-corrected chi connectivity index (χ4v) is 3.28. The second-order valence-corrected chi connectivity index (χ2v) is 6.41. The molecule has 0 atom stereocenters. The standard InChI is InChI=1S/C20H25N3O/c1-14-7-3-5-9-18(14)16-11-17(12-16)22-20(21)23-19-10-6-4-8-15(19)13-24-2/h3-10,16-17H,11-13H2,1-2H3,(H3,21,22,23). The lowest BCUT2D eigenvalue weighted by atomic mass is 9.75. The van der Waals surface area contributed by atoms with E-state index in [1.54, 1.807) is 7.11 Å². The third kappa shape index (κ3) is 3.77. The van der Waals surface area contributed by atoms with Crippen molar-refractivity contribution in [2.45, 2.75) is 38.3 Å². The number of nitrogens with two attached hydrogens (primary N) is 1. The van der Waals surface area contributed by atoms with Crippen molar-refractivity contribution in [3.8, 4) is 0 Å². The summed E-state index contributed by atoms with van der Waals surface area (Å²) in [7, 11) is 1.69. The Balaban J connectivity index is 1.59. The fourth-order valence-electron chi connectivity index (χ4n) is 3.28. The normalized spacial score (nSPS) is 20.5. The van der Waals surface area contributed by atoms with Gasteiger partial charge in [-0.2, -0.15) is 0 Å². The summed E-state index contributed by atoms with van der Waals surface area (Å²) >= 11 is 0. The monoisotopic (exact) mass is 323 g/mol. The molecular weight excluding hydrogens is 298 g/mol. The zero-order chi connectivity index (χ0) is 16.9.